The van der Waals surface area contributed by atoms with Gasteiger partial charge in [-0.05, 0) is 62.4 Å². The van der Waals surface area contributed by atoms with Gasteiger partial charge in [0.1, 0.15) is 11.4 Å². The zero-order chi connectivity index (χ0) is 22.8. The van der Waals surface area contributed by atoms with Gasteiger partial charge in [0.05, 0.1) is 11.8 Å². The van der Waals surface area contributed by atoms with E-state index in [1.807, 2.05) is 30.3 Å². The Morgan fingerprint density at radius 3 is 2.45 bits per heavy atom. The number of carbonyl (C=O) groups excluding carboxylic acids is 1. The van der Waals surface area contributed by atoms with E-state index in [1.165, 1.54) is 26.0 Å². The first-order valence-electron chi connectivity index (χ1n) is 10.4. The molecule has 6 nitrogen and oxygen atoms in total. The Morgan fingerprint density at radius 2 is 1.84 bits per heavy atom. The molecule has 0 aliphatic carbocycles. The first kappa shape index (κ1) is 23.4. The van der Waals surface area contributed by atoms with E-state index in [4.69, 9.17) is 0 Å². The van der Waals surface area contributed by atoms with Gasteiger partial charge in [-0.3, -0.25) is 4.79 Å². The fourth-order valence-corrected chi connectivity index (χ4v) is 4.85. The van der Waals surface area contributed by atoms with Crippen LogP contribution in [0.2, 0.25) is 0 Å². The van der Waals surface area contributed by atoms with E-state index < -0.39 is 33.6 Å². The van der Waals surface area contributed by atoms with E-state index in [-0.39, 0.29) is 11.6 Å². The summed E-state index contributed by atoms with van der Waals surface area (Å²) in [6.07, 6.45) is 0.872. The predicted molar refractivity (Wildman–Crippen MR) is 118 cm³/mol. The van der Waals surface area contributed by atoms with Crippen molar-refractivity contribution in [3.63, 3.8) is 0 Å². The summed E-state index contributed by atoms with van der Waals surface area (Å²) < 4.78 is 40.8. The summed E-state index contributed by atoms with van der Waals surface area (Å²) in [4.78, 5) is 14.4. The standard InChI is InChI=1S/C23H29FN2O4S/c1-4-31(29,30)25-20-11-12-26(22(27)23(2,3)28)21(20)14-16-7-5-8-17(13-16)18-9-6-10-19(24)15-18/h5-10,13,15,20-21,25,28H,4,11-12,14H2,1-3H3/t20-,21-/m0/s1. The van der Waals surface area contributed by atoms with Crippen molar-refractivity contribution in [3.05, 3.63) is 59.9 Å². The number of rotatable bonds is 7. The Labute approximate surface area is 183 Å². The summed E-state index contributed by atoms with van der Waals surface area (Å²) in [5, 5.41) is 10.2. The smallest absolute Gasteiger partial charge is 0.254 e. The van der Waals surface area contributed by atoms with Gasteiger partial charge in [0, 0.05) is 12.6 Å². The average Bonchev–Trinajstić information content (AvgIpc) is 3.08. The number of nitrogens with zero attached hydrogens (tertiary/aromatic N) is 1. The molecule has 8 heteroatoms. The molecule has 0 spiro atoms. The normalized spacial score (nSPS) is 19.6. The highest BCUT2D eigenvalue weighted by Gasteiger charge is 2.42. The number of carbonyl (C=O) groups is 1. The number of sulfonamides is 1. The van der Waals surface area contributed by atoms with Crippen LogP contribution in [0, 0.1) is 5.82 Å². The highest BCUT2D eigenvalue weighted by Crippen LogP contribution is 2.28. The quantitative estimate of drug-likeness (QED) is 0.682. The molecule has 2 aromatic rings. The van der Waals surface area contributed by atoms with Crippen molar-refractivity contribution >= 4 is 15.9 Å². The molecule has 31 heavy (non-hydrogen) atoms. The summed E-state index contributed by atoms with van der Waals surface area (Å²) in [7, 11) is -3.46. The van der Waals surface area contributed by atoms with Gasteiger partial charge in [-0.15, -0.1) is 0 Å². The Kier molecular flexibility index (Phi) is 6.83. The fraction of sp³-hybridized carbons (Fsp3) is 0.435. The third-order valence-corrected chi connectivity index (χ3v) is 6.99. The average molecular weight is 449 g/mol. The largest absolute Gasteiger partial charge is 0.381 e. The molecule has 1 amide bonds. The lowest BCUT2D eigenvalue weighted by atomic mass is 9.96. The van der Waals surface area contributed by atoms with E-state index in [2.05, 4.69) is 4.72 Å². The molecule has 2 N–H and O–H groups in total. The summed E-state index contributed by atoms with van der Waals surface area (Å²) >= 11 is 0. The topological polar surface area (TPSA) is 86.7 Å². The number of hydrogen-bond acceptors (Lipinski definition) is 4. The monoisotopic (exact) mass is 448 g/mol. The van der Waals surface area contributed by atoms with Crippen molar-refractivity contribution in [1.82, 2.24) is 9.62 Å². The first-order chi connectivity index (χ1) is 14.5. The van der Waals surface area contributed by atoms with Gasteiger partial charge in [-0.25, -0.2) is 17.5 Å². The van der Waals surface area contributed by atoms with Crippen LogP contribution in [0.3, 0.4) is 0 Å². The number of amides is 1. The van der Waals surface area contributed by atoms with Gasteiger partial charge in [0.25, 0.3) is 5.91 Å². The second-order valence-corrected chi connectivity index (χ2v) is 10.5. The molecule has 3 rings (SSSR count). The summed E-state index contributed by atoms with van der Waals surface area (Å²) in [5.74, 6) is -0.809. The van der Waals surface area contributed by atoms with Crippen LogP contribution < -0.4 is 4.72 Å². The van der Waals surface area contributed by atoms with Gasteiger partial charge in [-0.1, -0.05) is 36.4 Å². The second kappa shape index (κ2) is 9.06. The molecule has 1 saturated heterocycles. The van der Waals surface area contributed by atoms with Gasteiger partial charge in [0.2, 0.25) is 10.0 Å². The van der Waals surface area contributed by atoms with Crippen LogP contribution in [0.4, 0.5) is 4.39 Å². The van der Waals surface area contributed by atoms with Crippen molar-refractivity contribution in [2.75, 3.05) is 12.3 Å². The second-order valence-electron chi connectivity index (χ2n) is 8.46. The number of likely N-dealkylation sites (tertiary alicyclic amines) is 1. The maximum Gasteiger partial charge on any atom is 0.254 e. The predicted octanol–water partition coefficient (Wildman–Crippen LogP) is 2.71. The lowest BCUT2D eigenvalue weighted by molar-refractivity contribution is -0.148. The molecule has 1 fully saturated rings. The van der Waals surface area contributed by atoms with Gasteiger partial charge < -0.3 is 10.0 Å². The minimum absolute atomic E-state index is 0.0509. The summed E-state index contributed by atoms with van der Waals surface area (Å²) in [5.41, 5.74) is 0.907. The number of nitrogens with one attached hydrogen (secondary N) is 1. The molecule has 0 saturated carbocycles. The van der Waals surface area contributed by atoms with Crippen LogP contribution in [-0.2, 0) is 21.2 Å². The number of aliphatic hydroxyl groups is 1. The third-order valence-electron chi connectivity index (χ3n) is 5.57. The van der Waals surface area contributed by atoms with Crippen LogP contribution in [-0.4, -0.2) is 54.3 Å². The molecule has 168 valence electrons. The van der Waals surface area contributed by atoms with E-state index in [0.717, 1.165) is 16.7 Å². The Hall–Kier alpha value is -2.29. The lowest BCUT2D eigenvalue weighted by Crippen LogP contribution is -2.52. The van der Waals surface area contributed by atoms with Crippen molar-refractivity contribution in [2.45, 2.75) is 51.3 Å². The van der Waals surface area contributed by atoms with Crippen molar-refractivity contribution in [2.24, 2.45) is 0 Å². The van der Waals surface area contributed by atoms with Crippen LogP contribution >= 0.6 is 0 Å². The van der Waals surface area contributed by atoms with E-state index in [0.29, 0.717) is 19.4 Å². The third kappa shape index (κ3) is 5.70. The van der Waals surface area contributed by atoms with Crippen LogP contribution in [0.5, 0.6) is 0 Å². The minimum Gasteiger partial charge on any atom is -0.381 e. The van der Waals surface area contributed by atoms with Crippen molar-refractivity contribution in [3.8, 4) is 11.1 Å². The molecule has 2 atom stereocenters. The molecule has 0 bridgehead atoms. The summed E-state index contributed by atoms with van der Waals surface area (Å²) in [6.45, 7) is 4.78. The van der Waals surface area contributed by atoms with Gasteiger partial charge in [0.15, 0.2) is 0 Å². The highest BCUT2D eigenvalue weighted by molar-refractivity contribution is 7.89. The SMILES string of the molecule is CCS(=O)(=O)N[C@H]1CCN(C(=O)C(C)(C)O)[C@H]1Cc1cccc(-c2cccc(F)c2)c1. The Morgan fingerprint density at radius 1 is 1.19 bits per heavy atom. The Balaban J connectivity index is 1.91. The van der Waals surface area contributed by atoms with E-state index >= 15 is 0 Å². The zero-order valence-electron chi connectivity index (χ0n) is 18.0. The van der Waals surface area contributed by atoms with Crippen LogP contribution in [0.15, 0.2) is 48.5 Å². The Bertz CT molecular complexity index is 1050. The maximum atomic E-state index is 13.6. The van der Waals surface area contributed by atoms with E-state index in [9.17, 15) is 22.7 Å². The molecule has 2 aromatic carbocycles. The fourth-order valence-electron chi connectivity index (χ4n) is 3.95. The van der Waals surface area contributed by atoms with E-state index in [1.54, 1.807) is 17.9 Å². The zero-order valence-corrected chi connectivity index (χ0v) is 18.8. The highest BCUT2D eigenvalue weighted by atomic mass is 32.2. The first-order valence-corrected chi connectivity index (χ1v) is 12.0. The summed E-state index contributed by atoms with van der Waals surface area (Å²) in [6, 6.07) is 13.0. The minimum atomic E-state index is -3.46. The van der Waals surface area contributed by atoms with Gasteiger partial charge >= 0.3 is 0 Å². The van der Waals surface area contributed by atoms with Crippen molar-refractivity contribution in [1.29, 1.82) is 0 Å². The molecular formula is C23H29FN2O4S. The molecular weight excluding hydrogens is 419 g/mol. The van der Waals surface area contributed by atoms with Crippen LogP contribution in [0.25, 0.3) is 11.1 Å². The molecule has 1 aliphatic heterocycles. The van der Waals surface area contributed by atoms with Crippen molar-refractivity contribution < 1.29 is 22.7 Å². The van der Waals surface area contributed by atoms with Crippen LogP contribution in [0.1, 0.15) is 32.8 Å². The molecule has 0 aromatic heterocycles. The van der Waals surface area contributed by atoms with Gasteiger partial charge in [-0.2, -0.15) is 0 Å². The molecule has 1 heterocycles. The number of benzene rings is 2. The molecule has 0 radical (unpaired) electrons. The number of hydrogen-bond donors (Lipinski definition) is 2. The molecule has 0 unspecified atom stereocenters. The number of halogens is 1. The lowest BCUT2D eigenvalue weighted by Gasteiger charge is -2.32. The maximum absolute atomic E-state index is 13.6. The molecule has 1 aliphatic rings.